The standard InChI is InChI=1S/C10H12ClNO2S/c11-7-8-1-5-10(6-2-8)15(13,14)12-9-3-4-9/h1-2,5-6,9,12H,3-4,7H2. The predicted molar refractivity (Wildman–Crippen MR) is 59.3 cm³/mol. The van der Waals surface area contributed by atoms with Crippen LogP contribution in [-0.4, -0.2) is 14.5 Å². The number of halogens is 1. The van der Waals surface area contributed by atoms with Gasteiger partial charge in [-0.3, -0.25) is 0 Å². The largest absolute Gasteiger partial charge is 0.240 e. The Kier molecular flexibility index (Phi) is 3.00. The molecule has 1 aliphatic carbocycles. The molecule has 0 aromatic heterocycles. The second-order valence-corrected chi connectivity index (χ2v) is 5.65. The van der Waals surface area contributed by atoms with Crippen molar-refractivity contribution in [2.24, 2.45) is 0 Å². The van der Waals surface area contributed by atoms with Gasteiger partial charge in [0.05, 0.1) is 4.90 Å². The van der Waals surface area contributed by atoms with Crippen molar-refractivity contribution in [3.8, 4) is 0 Å². The van der Waals surface area contributed by atoms with Crippen LogP contribution in [-0.2, 0) is 15.9 Å². The van der Waals surface area contributed by atoms with Gasteiger partial charge >= 0.3 is 0 Å². The predicted octanol–water partition coefficient (Wildman–Crippen LogP) is 1.87. The summed E-state index contributed by atoms with van der Waals surface area (Å²) in [4.78, 5) is 0.309. The van der Waals surface area contributed by atoms with E-state index in [1.54, 1.807) is 24.3 Å². The molecule has 1 saturated carbocycles. The Balaban J connectivity index is 2.19. The maximum absolute atomic E-state index is 11.7. The summed E-state index contributed by atoms with van der Waals surface area (Å²) in [5.74, 6) is 0.399. The molecule has 0 unspecified atom stereocenters. The van der Waals surface area contributed by atoms with Crippen LogP contribution in [0.3, 0.4) is 0 Å². The van der Waals surface area contributed by atoms with Crippen molar-refractivity contribution in [2.75, 3.05) is 0 Å². The molecule has 1 aromatic rings. The molecule has 1 aromatic carbocycles. The van der Waals surface area contributed by atoms with Crippen LogP contribution in [0.4, 0.5) is 0 Å². The minimum absolute atomic E-state index is 0.141. The average molecular weight is 246 g/mol. The summed E-state index contributed by atoms with van der Waals surface area (Å²) in [5, 5.41) is 0. The molecule has 5 heteroatoms. The van der Waals surface area contributed by atoms with Crippen molar-refractivity contribution in [1.29, 1.82) is 0 Å². The number of alkyl halides is 1. The van der Waals surface area contributed by atoms with Gasteiger partial charge in [0.2, 0.25) is 10.0 Å². The summed E-state index contributed by atoms with van der Waals surface area (Å²) in [5.41, 5.74) is 0.919. The molecule has 2 rings (SSSR count). The second kappa shape index (κ2) is 4.12. The van der Waals surface area contributed by atoms with Crippen LogP contribution in [0.5, 0.6) is 0 Å². The fourth-order valence-electron chi connectivity index (χ4n) is 1.25. The van der Waals surface area contributed by atoms with E-state index in [1.165, 1.54) is 0 Å². The van der Waals surface area contributed by atoms with Crippen LogP contribution in [0, 0.1) is 0 Å². The zero-order valence-electron chi connectivity index (χ0n) is 8.11. The van der Waals surface area contributed by atoms with E-state index in [2.05, 4.69) is 4.72 Å². The van der Waals surface area contributed by atoms with Crippen molar-refractivity contribution in [2.45, 2.75) is 29.7 Å². The van der Waals surface area contributed by atoms with Crippen LogP contribution in [0.15, 0.2) is 29.2 Å². The van der Waals surface area contributed by atoms with Crippen LogP contribution < -0.4 is 4.72 Å². The minimum Gasteiger partial charge on any atom is -0.208 e. The number of hydrogen-bond donors (Lipinski definition) is 1. The van der Waals surface area contributed by atoms with Crippen molar-refractivity contribution < 1.29 is 8.42 Å². The fourth-order valence-corrected chi connectivity index (χ4v) is 2.73. The van der Waals surface area contributed by atoms with E-state index < -0.39 is 10.0 Å². The lowest BCUT2D eigenvalue weighted by molar-refractivity contribution is 0.581. The Bertz CT molecular complexity index is 437. The summed E-state index contributed by atoms with van der Waals surface area (Å²) < 4.78 is 26.1. The lowest BCUT2D eigenvalue weighted by Gasteiger charge is -2.05. The zero-order chi connectivity index (χ0) is 10.9. The van der Waals surface area contributed by atoms with E-state index in [1.807, 2.05) is 0 Å². The summed E-state index contributed by atoms with van der Waals surface area (Å²) in [7, 11) is -3.32. The van der Waals surface area contributed by atoms with Gasteiger partial charge in [-0.05, 0) is 30.5 Å². The first-order valence-corrected chi connectivity index (χ1v) is 6.81. The molecule has 0 atom stereocenters. The zero-order valence-corrected chi connectivity index (χ0v) is 9.68. The van der Waals surface area contributed by atoms with E-state index in [0.717, 1.165) is 18.4 Å². The van der Waals surface area contributed by atoms with Gasteiger partial charge in [-0.15, -0.1) is 11.6 Å². The van der Waals surface area contributed by atoms with Gasteiger partial charge in [-0.25, -0.2) is 13.1 Å². The Hall–Kier alpha value is -0.580. The van der Waals surface area contributed by atoms with E-state index >= 15 is 0 Å². The number of sulfonamides is 1. The van der Waals surface area contributed by atoms with Crippen LogP contribution in [0.25, 0.3) is 0 Å². The van der Waals surface area contributed by atoms with Gasteiger partial charge in [-0.2, -0.15) is 0 Å². The van der Waals surface area contributed by atoms with E-state index in [-0.39, 0.29) is 6.04 Å². The third-order valence-electron chi connectivity index (χ3n) is 2.29. The highest BCUT2D eigenvalue weighted by molar-refractivity contribution is 7.89. The molecule has 0 aliphatic heterocycles. The molecule has 82 valence electrons. The van der Waals surface area contributed by atoms with Crippen molar-refractivity contribution in [1.82, 2.24) is 4.72 Å². The number of benzene rings is 1. The minimum atomic E-state index is -3.32. The quantitative estimate of drug-likeness (QED) is 0.824. The Morgan fingerprint density at radius 1 is 1.27 bits per heavy atom. The number of rotatable bonds is 4. The van der Waals surface area contributed by atoms with Crippen molar-refractivity contribution in [3.05, 3.63) is 29.8 Å². The molecular formula is C10H12ClNO2S. The molecular weight excluding hydrogens is 234 g/mol. The molecule has 15 heavy (non-hydrogen) atoms. The normalized spacial score (nSPS) is 16.6. The number of nitrogens with one attached hydrogen (secondary N) is 1. The molecule has 0 amide bonds. The summed E-state index contributed by atoms with van der Waals surface area (Å²) in [6, 6.07) is 6.77. The third kappa shape index (κ3) is 2.71. The molecule has 0 radical (unpaired) electrons. The molecule has 0 saturated heterocycles. The molecule has 1 aliphatic rings. The summed E-state index contributed by atoms with van der Waals surface area (Å²) >= 11 is 5.62. The van der Waals surface area contributed by atoms with Crippen LogP contribution >= 0.6 is 11.6 Å². The summed E-state index contributed by atoms with van der Waals surface area (Å²) in [6.07, 6.45) is 1.89. The highest BCUT2D eigenvalue weighted by Gasteiger charge is 2.27. The van der Waals surface area contributed by atoms with Crippen molar-refractivity contribution in [3.63, 3.8) is 0 Å². The van der Waals surface area contributed by atoms with Crippen LogP contribution in [0.2, 0.25) is 0 Å². The Morgan fingerprint density at radius 2 is 1.87 bits per heavy atom. The maximum Gasteiger partial charge on any atom is 0.240 e. The topological polar surface area (TPSA) is 46.2 Å². The van der Waals surface area contributed by atoms with Crippen LogP contribution in [0.1, 0.15) is 18.4 Å². The van der Waals surface area contributed by atoms with E-state index in [4.69, 9.17) is 11.6 Å². The van der Waals surface area contributed by atoms with Gasteiger partial charge in [0.1, 0.15) is 0 Å². The molecule has 0 spiro atoms. The van der Waals surface area contributed by atoms with Gasteiger partial charge in [0, 0.05) is 11.9 Å². The lowest BCUT2D eigenvalue weighted by atomic mass is 10.2. The smallest absolute Gasteiger partial charge is 0.208 e. The van der Waals surface area contributed by atoms with E-state index in [0.29, 0.717) is 10.8 Å². The maximum atomic E-state index is 11.7. The van der Waals surface area contributed by atoms with Gasteiger partial charge < -0.3 is 0 Å². The fraction of sp³-hybridized carbons (Fsp3) is 0.400. The van der Waals surface area contributed by atoms with Gasteiger partial charge in [0.25, 0.3) is 0 Å². The molecule has 0 bridgehead atoms. The Labute approximate surface area is 94.5 Å². The highest BCUT2D eigenvalue weighted by atomic mass is 35.5. The molecule has 1 fully saturated rings. The first kappa shape index (κ1) is 10.9. The third-order valence-corrected chi connectivity index (χ3v) is 4.13. The first-order chi connectivity index (χ1) is 7.12. The monoisotopic (exact) mass is 245 g/mol. The Morgan fingerprint density at radius 3 is 2.33 bits per heavy atom. The second-order valence-electron chi connectivity index (χ2n) is 3.67. The molecule has 0 heterocycles. The SMILES string of the molecule is O=S(=O)(NC1CC1)c1ccc(CCl)cc1. The first-order valence-electron chi connectivity index (χ1n) is 4.79. The average Bonchev–Trinajstić information content (AvgIpc) is 3.01. The molecule has 3 nitrogen and oxygen atoms in total. The number of hydrogen-bond acceptors (Lipinski definition) is 2. The molecule has 1 N–H and O–H groups in total. The van der Waals surface area contributed by atoms with Gasteiger partial charge in [-0.1, -0.05) is 12.1 Å². The van der Waals surface area contributed by atoms with E-state index in [9.17, 15) is 8.42 Å². The summed E-state index contributed by atoms with van der Waals surface area (Å²) in [6.45, 7) is 0. The van der Waals surface area contributed by atoms with Gasteiger partial charge in [0.15, 0.2) is 0 Å². The highest BCUT2D eigenvalue weighted by Crippen LogP contribution is 2.22. The lowest BCUT2D eigenvalue weighted by Crippen LogP contribution is -2.25. The van der Waals surface area contributed by atoms with Crippen molar-refractivity contribution >= 4 is 21.6 Å².